The van der Waals surface area contributed by atoms with E-state index in [1.165, 1.54) is 6.07 Å². The Morgan fingerprint density at radius 1 is 1.36 bits per heavy atom. The molecular formula is C15H20N2O4S. The average molecular weight is 324 g/mol. The van der Waals surface area contributed by atoms with Gasteiger partial charge in [0.2, 0.25) is 10.0 Å². The number of morpholine rings is 1. The van der Waals surface area contributed by atoms with E-state index in [9.17, 15) is 13.2 Å². The van der Waals surface area contributed by atoms with Gasteiger partial charge in [0.05, 0.1) is 24.2 Å². The Labute approximate surface area is 130 Å². The maximum atomic E-state index is 12.9. The molecule has 3 rings (SSSR count). The number of hydrogen-bond donors (Lipinski definition) is 1. The summed E-state index contributed by atoms with van der Waals surface area (Å²) in [6, 6.07) is 4.75. The number of benzene rings is 1. The monoisotopic (exact) mass is 324 g/mol. The molecule has 1 aliphatic carbocycles. The number of primary sulfonamides is 1. The van der Waals surface area contributed by atoms with Crippen molar-refractivity contribution < 1.29 is 17.9 Å². The lowest BCUT2D eigenvalue weighted by Crippen LogP contribution is -2.50. The normalized spacial score (nSPS) is 22.6. The number of nitrogens with zero attached hydrogens (tertiary/aromatic N) is 1. The highest BCUT2D eigenvalue weighted by atomic mass is 32.2. The third-order valence-corrected chi connectivity index (χ3v) is 5.47. The summed E-state index contributed by atoms with van der Waals surface area (Å²) in [7, 11) is -3.83. The van der Waals surface area contributed by atoms with Crippen molar-refractivity contribution in [2.45, 2.75) is 30.7 Å². The van der Waals surface area contributed by atoms with Crippen LogP contribution in [0.4, 0.5) is 0 Å². The van der Waals surface area contributed by atoms with Gasteiger partial charge < -0.3 is 9.64 Å². The smallest absolute Gasteiger partial charge is 0.254 e. The second kappa shape index (κ2) is 5.64. The van der Waals surface area contributed by atoms with Gasteiger partial charge in [0, 0.05) is 12.1 Å². The zero-order chi connectivity index (χ0) is 15.9. The number of ether oxygens (including phenoxy) is 1. The molecule has 0 spiro atoms. The van der Waals surface area contributed by atoms with E-state index in [2.05, 4.69) is 0 Å². The first-order valence-corrected chi connectivity index (χ1v) is 8.95. The zero-order valence-electron chi connectivity index (χ0n) is 12.5. The van der Waals surface area contributed by atoms with Crippen molar-refractivity contribution in [1.29, 1.82) is 0 Å². The van der Waals surface area contributed by atoms with Gasteiger partial charge in [-0.25, -0.2) is 13.6 Å². The van der Waals surface area contributed by atoms with E-state index in [4.69, 9.17) is 9.88 Å². The van der Waals surface area contributed by atoms with Crippen LogP contribution < -0.4 is 5.14 Å². The largest absolute Gasteiger partial charge is 0.377 e. The molecule has 7 heteroatoms. The minimum absolute atomic E-state index is 0.00887. The molecule has 0 bridgehead atoms. The van der Waals surface area contributed by atoms with Gasteiger partial charge in [0.1, 0.15) is 0 Å². The fraction of sp³-hybridized carbons (Fsp3) is 0.533. The van der Waals surface area contributed by atoms with E-state index in [-0.39, 0.29) is 16.8 Å². The van der Waals surface area contributed by atoms with Crippen molar-refractivity contribution in [3.05, 3.63) is 29.3 Å². The lowest BCUT2D eigenvalue weighted by atomic mass is 10.0. The Balaban J connectivity index is 1.94. The van der Waals surface area contributed by atoms with E-state index in [0.29, 0.717) is 36.8 Å². The van der Waals surface area contributed by atoms with Crippen LogP contribution in [0.5, 0.6) is 0 Å². The molecule has 120 valence electrons. The quantitative estimate of drug-likeness (QED) is 0.894. The van der Waals surface area contributed by atoms with Crippen molar-refractivity contribution >= 4 is 15.9 Å². The Morgan fingerprint density at radius 2 is 2.09 bits per heavy atom. The van der Waals surface area contributed by atoms with Gasteiger partial charge in [-0.1, -0.05) is 6.07 Å². The van der Waals surface area contributed by atoms with Crippen LogP contribution >= 0.6 is 0 Å². The van der Waals surface area contributed by atoms with E-state index in [0.717, 1.165) is 12.8 Å². The Hall–Kier alpha value is -1.44. The molecule has 0 aromatic heterocycles. The lowest BCUT2D eigenvalue weighted by Gasteiger charge is -2.36. The molecule has 1 aromatic carbocycles. The molecule has 1 amide bonds. The Kier molecular flexibility index (Phi) is 3.96. The van der Waals surface area contributed by atoms with Crippen LogP contribution in [0.2, 0.25) is 0 Å². The van der Waals surface area contributed by atoms with Gasteiger partial charge >= 0.3 is 0 Å². The Bertz CT molecular complexity index is 697. The summed E-state index contributed by atoms with van der Waals surface area (Å²) in [5, 5.41) is 5.22. The molecule has 1 unspecified atom stereocenters. The van der Waals surface area contributed by atoms with E-state index < -0.39 is 10.0 Å². The molecular weight excluding hydrogens is 304 g/mol. The van der Waals surface area contributed by atoms with Gasteiger partial charge in [-0.15, -0.1) is 0 Å². The number of amides is 1. The highest BCUT2D eigenvalue weighted by Gasteiger charge is 2.39. The third-order valence-electron chi connectivity index (χ3n) is 4.41. The van der Waals surface area contributed by atoms with Crippen molar-refractivity contribution in [2.24, 2.45) is 11.1 Å². The van der Waals surface area contributed by atoms with Crippen LogP contribution in [0.25, 0.3) is 0 Å². The van der Waals surface area contributed by atoms with Crippen LogP contribution in [0.1, 0.15) is 28.8 Å². The first kappa shape index (κ1) is 15.5. The third kappa shape index (κ3) is 2.88. The molecule has 2 N–H and O–H groups in total. The second-order valence-electron chi connectivity index (χ2n) is 5.95. The minimum Gasteiger partial charge on any atom is -0.377 e. The van der Waals surface area contributed by atoms with E-state index in [1.54, 1.807) is 19.1 Å². The standard InChI is InChI=1S/C15H20N2O4S/c1-10-12(3-2-4-14(10)22(16,19)20)15(18)17-7-8-21-9-13(17)11-5-6-11/h2-4,11,13H,5-9H2,1H3,(H2,16,19,20). The van der Waals surface area contributed by atoms with E-state index >= 15 is 0 Å². The maximum Gasteiger partial charge on any atom is 0.254 e. The summed E-state index contributed by atoms with van der Waals surface area (Å²) in [5.41, 5.74) is 0.815. The summed E-state index contributed by atoms with van der Waals surface area (Å²) >= 11 is 0. The highest BCUT2D eigenvalue weighted by Crippen LogP contribution is 2.37. The summed E-state index contributed by atoms with van der Waals surface area (Å²) in [6.45, 7) is 3.24. The number of carbonyl (C=O) groups excluding carboxylic acids is 1. The van der Waals surface area contributed by atoms with Crippen LogP contribution in [-0.2, 0) is 14.8 Å². The van der Waals surface area contributed by atoms with Crippen LogP contribution in [0.3, 0.4) is 0 Å². The number of rotatable bonds is 3. The fourth-order valence-electron chi connectivity index (χ4n) is 3.06. The molecule has 0 radical (unpaired) electrons. The van der Waals surface area contributed by atoms with Gasteiger partial charge in [-0.2, -0.15) is 0 Å². The molecule has 2 fully saturated rings. The number of sulfonamides is 1. The predicted molar refractivity (Wildman–Crippen MR) is 80.9 cm³/mol. The second-order valence-corrected chi connectivity index (χ2v) is 7.48. The topological polar surface area (TPSA) is 89.7 Å². The summed E-state index contributed by atoms with van der Waals surface area (Å²) in [5.74, 6) is 0.370. The Morgan fingerprint density at radius 3 is 2.73 bits per heavy atom. The molecule has 6 nitrogen and oxygen atoms in total. The van der Waals surface area contributed by atoms with Crippen LogP contribution in [-0.4, -0.2) is 45.0 Å². The lowest BCUT2D eigenvalue weighted by molar-refractivity contribution is -0.00839. The first-order chi connectivity index (χ1) is 10.4. The first-order valence-electron chi connectivity index (χ1n) is 7.40. The molecule has 1 saturated heterocycles. The highest BCUT2D eigenvalue weighted by molar-refractivity contribution is 7.89. The van der Waals surface area contributed by atoms with Crippen LogP contribution in [0.15, 0.2) is 23.1 Å². The van der Waals surface area contributed by atoms with Gasteiger partial charge in [0.15, 0.2) is 0 Å². The molecule has 1 aromatic rings. The fourth-order valence-corrected chi connectivity index (χ4v) is 3.86. The van der Waals surface area contributed by atoms with Crippen molar-refractivity contribution in [3.63, 3.8) is 0 Å². The number of hydrogen-bond acceptors (Lipinski definition) is 4. The van der Waals surface area contributed by atoms with E-state index in [1.807, 2.05) is 4.90 Å². The van der Waals surface area contributed by atoms with Gasteiger partial charge in [-0.05, 0) is 43.4 Å². The van der Waals surface area contributed by atoms with Crippen molar-refractivity contribution in [2.75, 3.05) is 19.8 Å². The summed E-state index contributed by atoms with van der Waals surface area (Å²) < 4.78 is 28.7. The van der Waals surface area contributed by atoms with Crippen molar-refractivity contribution in [1.82, 2.24) is 4.90 Å². The zero-order valence-corrected chi connectivity index (χ0v) is 13.3. The van der Waals surface area contributed by atoms with Gasteiger partial charge in [0.25, 0.3) is 5.91 Å². The average Bonchev–Trinajstić information content (AvgIpc) is 3.30. The van der Waals surface area contributed by atoms with Crippen LogP contribution in [0, 0.1) is 12.8 Å². The predicted octanol–water partition coefficient (Wildman–Crippen LogP) is 0.893. The SMILES string of the molecule is Cc1c(C(=O)N2CCOCC2C2CC2)cccc1S(N)(=O)=O. The molecule has 1 saturated carbocycles. The molecule has 22 heavy (non-hydrogen) atoms. The van der Waals surface area contributed by atoms with Crippen molar-refractivity contribution in [3.8, 4) is 0 Å². The number of carbonyl (C=O) groups is 1. The minimum atomic E-state index is -3.83. The molecule has 1 atom stereocenters. The maximum absolute atomic E-state index is 12.9. The molecule has 1 heterocycles. The molecule has 1 aliphatic heterocycles. The summed E-state index contributed by atoms with van der Waals surface area (Å²) in [6.07, 6.45) is 2.24. The summed E-state index contributed by atoms with van der Waals surface area (Å²) in [4.78, 5) is 14.7. The van der Waals surface area contributed by atoms with Gasteiger partial charge in [-0.3, -0.25) is 4.79 Å². The molecule has 2 aliphatic rings. The number of nitrogens with two attached hydrogens (primary N) is 1.